The van der Waals surface area contributed by atoms with Crippen molar-refractivity contribution < 1.29 is 8.78 Å². The van der Waals surface area contributed by atoms with Gasteiger partial charge in [0.05, 0.1) is 5.56 Å². The highest BCUT2D eigenvalue weighted by Crippen LogP contribution is 2.25. The zero-order valence-electron chi connectivity index (χ0n) is 17.1. The lowest BCUT2D eigenvalue weighted by Gasteiger charge is -2.15. The number of hydrogen-bond acceptors (Lipinski definition) is 6. The minimum atomic E-state index is -0.770. The molecule has 7 nitrogen and oxygen atoms in total. The van der Waals surface area contributed by atoms with Crippen molar-refractivity contribution in [3.63, 3.8) is 0 Å². The number of nitrogens with one attached hydrogen (secondary N) is 1. The summed E-state index contributed by atoms with van der Waals surface area (Å²) < 4.78 is 29.4. The van der Waals surface area contributed by atoms with Crippen LogP contribution in [0, 0.1) is 29.9 Å². The molecule has 0 aliphatic rings. The van der Waals surface area contributed by atoms with Gasteiger partial charge >= 0.3 is 0 Å². The van der Waals surface area contributed by atoms with E-state index in [-0.39, 0.29) is 40.4 Å². The number of benzene rings is 1. The van der Waals surface area contributed by atoms with Crippen LogP contribution < -0.4 is 16.6 Å². The van der Waals surface area contributed by atoms with E-state index in [0.29, 0.717) is 23.2 Å². The molecule has 4 rings (SSSR count). The molecule has 0 fully saturated rings. The summed E-state index contributed by atoms with van der Waals surface area (Å²) in [6.45, 7) is 2.08. The Balaban J connectivity index is 1.79. The first kappa shape index (κ1) is 20.9. The second-order valence-corrected chi connectivity index (χ2v) is 7.21. The second-order valence-electron chi connectivity index (χ2n) is 7.21. The maximum absolute atomic E-state index is 13.9. The highest BCUT2D eigenvalue weighted by Gasteiger charge is 2.16. The second kappa shape index (κ2) is 8.43. The van der Waals surface area contributed by atoms with Gasteiger partial charge in [-0.25, -0.2) is 18.7 Å². The van der Waals surface area contributed by atoms with Gasteiger partial charge < -0.3 is 11.1 Å². The molecule has 0 radical (unpaired) electrons. The molecule has 0 saturated carbocycles. The maximum atomic E-state index is 13.9. The standard InChI is InChI=1S/C23H18F2N6O/c1-13-3-2-4-18-9-14(5-6-28-22-19(11-26)21(27)29-12-30-22)20(23(32)31(13)18)15-7-16(24)10-17(25)8-15/h2-4,7-10,12H,5-6H2,1H3,(H3,27,28,29,30). The maximum Gasteiger partial charge on any atom is 0.263 e. The zero-order valence-corrected chi connectivity index (χ0v) is 17.1. The number of nitriles is 1. The van der Waals surface area contributed by atoms with Gasteiger partial charge in [0.15, 0.2) is 0 Å². The molecule has 0 aliphatic heterocycles. The van der Waals surface area contributed by atoms with E-state index in [1.54, 1.807) is 19.1 Å². The number of nitrogen functional groups attached to an aromatic ring is 1. The van der Waals surface area contributed by atoms with Crippen LogP contribution in [0.15, 0.2) is 53.6 Å². The normalized spacial score (nSPS) is 10.8. The van der Waals surface area contributed by atoms with Crippen LogP contribution in [0.4, 0.5) is 20.4 Å². The molecule has 160 valence electrons. The van der Waals surface area contributed by atoms with Gasteiger partial charge in [-0.2, -0.15) is 5.26 Å². The first-order valence-corrected chi connectivity index (χ1v) is 9.74. The van der Waals surface area contributed by atoms with Crippen molar-refractivity contribution in [3.8, 4) is 17.2 Å². The molecule has 3 N–H and O–H groups in total. The third kappa shape index (κ3) is 3.86. The van der Waals surface area contributed by atoms with Gasteiger partial charge in [0, 0.05) is 23.8 Å². The average Bonchev–Trinajstić information content (AvgIpc) is 2.73. The molecule has 9 heteroatoms. The van der Waals surface area contributed by atoms with Crippen molar-refractivity contribution in [2.45, 2.75) is 13.3 Å². The fourth-order valence-electron chi connectivity index (χ4n) is 3.69. The smallest absolute Gasteiger partial charge is 0.263 e. The van der Waals surface area contributed by atoms with Crippen molar-refractivity contribution in [2.24, 2.45) is 0 Å². The van der Waals surface area contributed by atoms with Crippen molar-refractivity contribution >= 4 is 17.2 Å². The Kier molecular flexibility index (Phi) is 5.52. The lowest BCUT2D eigenvalue weighted by molar-refractivity contribution is 0.584. The van der Waals surface area contributed by atoms with E-state index in [0.717, 1.165) is 18.2 Å². The predicted octanol–water partition coefficient (Wildman–Crippen LogP) is 3.45. The van der Waals surface area contributed by atoms with E-state index >= 15 is 0 Å². The molecule has 0 bridgehead atoms. The van der Waals surface area contributed by atoms with E-state index in [1.807, 2.05) is 18.2 Å². The lowest BCUT2D eigenvalue weighted by Crippen LogP contribution is -2.21. The Labute approximate surface area is 181 Å². The number of nitrogens with two attached hydrogens (primary N) is 1. The monoisotopic (exact) mass is 432 g/mol. The molecule has 0 saturated heterocycles. The number of anilines is 2. The number of aryl methyl sites for hydroxylation is 1. The van der Waals surface area contributed by atoms with Crippen molar-refractivity contribution in [1.82, 2.24) is 14.4 Å². The van der Waals surface area contributed by atoms with Crippen LogP contribution in [-0.4, -0.2) is 20.9 Å². The van der Waals surface area contributed by atoms with Crippen LogP contribution in [-0.2, 0) is 6.42 Å². The summed E-state index contributed by atoms with van der Waals surface area (Å²) in [5.74, 6) is -1.21. The average molecular weight is 432 g/mol. The van der Waals surface area contributed by atoms with E-state index < -0.39 is 11.6 Å². The number of halogens is 2. The van der Waals surface area contributed by atoms with Crippen molar-refractivity contribution in [2.75, 3.05) is 17.6 Å². The van der Waals surface area contributed by atoms with Gasteiger partial charge in [-0.05, 0) is 54.8 Å². The molecule has 3 heterocycles. The third-order valence-corrected chi connectivity index (χ3v) is 5.10. The van der Waals surface area contributed by atoms with Crippen molar-refractivity contribution in [3.05, 3.63) is 87.6 Å². The molecule has 0 amide bonds. The van der Waals surface area contributed by atoms with Crippen LogP contribution in [0.2, 0.25) is 0 Å². The fraction of sp³-hybridized carbons (Fsp3) is 0.130. The molecule has 1 aromatic carbocycles. The summed E-state index contributed by atoms with van der Waals surface area (Å²) in [6, 6.07) is 12.2. The highest BCUT2D eigenvalue weighted by atomic mass is 19.1. The first-order chi connectivity index (χ1) is 15.4. The summed E-state index contributed by atoms with van der Waals surface area (Å²) in [4.78, 5) is 21.2. The molecule has 0 aliphatic carbocycles. The van der Waals surface area contributed by atoms with E-state index in [9.17, 15) is 18.8 Å². The van der Waals surface area contributed by atoms with E-state index in [4.69, 9.17) is 5.73 Å². The minimum absolute atomic E-state index is 0.0559. The molecular formula is C23H18F2N6O. The number of hydrogen-bond donors (Lipinski definition) is 2. The molecule has 0 atom stereocenters. The summed E-state index contributed by atoms with van der Waals surface area (Å²) in [6.07, 6.45) is 1.56. The molecule has 4 aromatic rings. The van der Waals surface area contributed by atoms with Gasteiger partial charge in [-0.1, -0.05) is 6.07 Å². The number of aromatic nitrogens is 3. The third-order valence-electron chi connectivity index (χ3n) is 5.10. The van der Waals surface area contributed by atoms with Crippen LogP contribution in [0.25, 0.3) is 16.6 Å². The minimum Gasteiger partial charge on any atom is -0.382 e. The first-order valence-electron chi connectivity index (χ1n) is 9.74. The Hall–Kier alpha value is -4.32. The van der Waals surface area contributed by atoms with Crippen LogP contribution in [0.1, 0.15) is 16.8 Å². The number of rotatable bonds is 5. The molecule has 3 aromatic heterocycles. The molecule has 32 heavy (non-hydrogen) atoms. The van der Waals surface area contributed by atoms with Crippen LogP contribution in [0.3, 0.4) is 0 Å². The summed E-state index contributed by atoms with van der Waals surface area (Å²) >= 11 is 0. The number of nitrogens with zero attached hydrogens (tertiary/aromatic N) is 4. The summed E-state index contributed by atoms with van der Waals surface area (Å²) in [7, 11) is 0. The molecule has 0 spiro atoms. The van der Waals surface area contributed by atoms with E-state index in [2.05, 4.69) is 15.3 Å². The van der Waals surface area contributed by atoms with Gasteiger partial charge in [-0.15, -0.1) is 0 Å². The Morgan fingerprint density at radius 1 is 1.16 bits per heavy atom. The lowest BCUT2D eigenvalue weighted by atomic mass is 9.98. The van der Waals surface area contributed by atoms with Gasteiger partial charge in [0.1, 0.15) is 41.2 Å². The summed E-state index contributed by atoms with van der Waals surface area (Å²) in [5, 5.41) is 12.3. The fourth-order valence-corrected chi connectivity index (χ4v) is 3.69. The number of pyridine rings is 2. The largest absolute Gasteiger partial charge is 0.382 e. The van der Waals surface area contributed by atoms with Crippen LogP contribution >= 0.6 is 0 Å². The summed E-state index contributed by atoms with van der Waals surface area (Å²) in [5.41, 5.74) is 7.78. The van der Waals surface area contributed by atoms with Crippen molar-refractivity contribution in [1.29, 1.82) is 5.26 Å². The van der Waals surface area contributed by atoms with Gasteiger partial charge in [-0.3, -0.25) is 9.20 Å². The SMILES string of the molecule is Cc1cccc2cc(CCNc3ncnc(N)c3C#N)c(-c3cc(F)cc(F)c3)c(=O)n12. The molecule has 0 unspecified atom stereocenters. The zero-order chi connectivity index (χ0) is 22.8. The molecular weight excluding hydrogens is 414 g/mol. The van der Waals surface area contributed by atoms with E-state index in [1.165, 1.54) is 10.7 Å². The Morgan fingerprint density at radius 2 is 1.91 bits per heavy atom. The number of fused-ring (bicyclic) bond motifs is 1. The van der Waals surface area contributed by atoms with Crippen LogP contribution in [0.5, 0.6) is 0 Å². The Morgan fingerprint density at radius 3 is 2.62 bits per heavy atom. The quantitative estimate of drug-likeness (QED) is 0.500. The Bertz CT molecular complexity index is 1420. The van der Waals surface area contributed by atoms with Gasteiger partial charge in [0.2, 0.25) is 0 Å². The highest BCUT2D eigenvalue weighted by molar-refractivity contribution is 5.70. The predicted molar refractivity (Wildman–Crippen MR) is 117 cm³/mol. The van der Waals surface area contributed by atoms with Gasteiger partial charge in [0.25, 0.3) is 5.56 Å². The topological polar surface area (TPSA) is 109 Å².